The molecule has 1 atom stereocenters. The van der Waals surface area contributed by atoms with Crippen molar-refractivity contribution in [2.45, 2.75) is 31.0 Å². The number of halogens is 3. The lowest BCUT2D eigenvalue weighted by molar-refractivity contribution is 0.319. The molecular weight excluding hydrogens is 268 g/mol. The van der Waals surface area contributed by atoms with Gasteiger partial charge in [-0.1, -0.05) is 58.5 Å². The average Bonchev–Trinajstić information content (AvgIpc) is 2.16. The lowest BCUT2D eigenvalue weighted by Crippen LogP contribution is -2.35. The topological polar surface area (TPSA) is 32.6 Å². The smallest absolute Gasteiger partial charge is 0.202 e. The van der Waals surface area contributed by atoms with E-state index in [1.54, 1.807) is 6.08 Å². The van der Waals surface area contributed by atoms with E-state index in [4.69, 9.17) is 40.0 Å². The molecule has 0 bridgehead atoms. The Labute approximate surface area is 111 Å². The third-order valence-corrected chi connectivity index (χ3v) is 4.14. The molecule has 2 nitrogen and oxygen atoms in total. The van der Waals surface area contributed by atoms with Crippen molar-refractivity contribution in [2.75, 3.05) is 0 Å². The Morgan fingerprint density at radius 3 is 2.38 bits per heavy atom. The summed E-state index contributed by atoms with van der Waals surface area (Å²) >= 11 is 18.1. The van der Waals surface area contributed by atoms with Gasteiger partial charge in [-0.3, -0.25) is 0 Å². The van der Waals surface area contributed by atoms with E-state index in [0.717, 1.165) is 17.6 Å². The molecule has 0 saturated heterocycles. The van der Waals surface area contributed by atoms with Gasteiger partial charge in [0.2, 0.25) is 3.79 Å². The molecule has 0 amide bonds. The monoisotopic (exact) mass is 281 g/mol. The molecule has 0 fully saturated rings. The zero-order valence-corrected chi connectivity index (χ0v) is 11.7. The van der Waals surface area contributed by atoms with Crippen LogP contribution in [0.3, 0.4) is 0 Å². The summed E-state index contributed by atoms with van der Waals surface area (Å²) in [4.78, 5) is 0. The first-order chi connectivity index (χ1) is 7.26. The summed E-state index contributed by atoms with van der Waals surface area (Å²) in [6.07, 6.45) is 4.35. The van der Waals surface area contributed by atoms with Crippen LogP contribution in [0.15, 0.2) is 28.5 Å². The average molecular weight is 283 g/mol. The highest BCUT2D eigenvalue weighted by Gasteiger charge is 2.46. The molecule has 0 heterocycles. The van der Waals surface area contributed by atoms with Crippen molar-refractivity contribution in [1.82, 2.24) is 0 Å². The largest absolute Gasteiger partial charge is 0.410 e. The van der Waals surface area contributed by atoms with Gasteiger partial charge >= 0.3 is 0 Å². The number of oxime groups is 1. The van der Waals surface area contributed by atoms with Crippen LogP contribution in [-0.2, 0) is 0 Å². The van der Waals surface area contributed by atoms with E-state index in [2.05, 4.69) is 5.16 Å². The van der Waals surface area contributed by atoms with Crippen LogP contribution in [-0.4, -0.2) is 14.7 Å². The first-order valence-corrected chi connectivity index (χ1v) is 6.09. The van der Waals surface area contributed by atoms with Crippen molar-refractivity contribution in [1.29, 1.82) is 0 Å². The van der Waals surface area contributed by atoms with Crippen molar-refractivity contribution in [3.8, 4) is 0 Å². The van der Waals surface area contributed by atoms with Crippen LogP contribution in [0.25, 0.3) is 0 Å². The molecule has 1 aliphatic rings. The maximum absolute atomic E-state index is 8.85. The minimum atomic E-state index is -1.42. The highest BCUT2D eigenvalue weighted by molar-refractivity contribution is 6.68. The Balaban J connectivity index is 3.33. The Kier molecular flexibility index (Phi) is 3.99. The molecule has 0 spiro atoms. The number of hydrogen-bond acceptors (Lipinski definition) is 2. The van der Waals surface area contributed by atoms with Crippen LogP contribution in [0.4, 0.5) is 0 Å². The summed E-state index contributed by atoms with van der Waals surface area (Å²) in [5.74, 6) is 0. The summed E-state index contributed by atoms with van der Waals surface area (Å²) < 4.78 is -1.42. The minimum Gasteiger partial charge on any atom is -0.410 e. The van der Waals surface area contributed by atoms with E-state index in [9.17, 15) is 0 Å². The van der Waals surface area contributed by atoms with Gasteiger partial charge in [-0.25, -0.2) is 0 Å². The molecule has 0 saturated carbocycles. The predicted molar refractivity (Wildman–Crippen MR) is 69.7 cm³/mol. The van der Waals surface area contributed by atoms with Gasteiger partial charge in [-0.15, -0.1) is 0 Å². The molecule has 0 aliphatic heterocycles. The van der Waals surface area contributed by atoms with Gasteiger partial charge in [-0.05, 0) is 31.9 Å². The van der Waals surface area contributed by atoms with Crippen molar-refractivity contribution < 1.29 is 5.21 Å². The second-order valence-electron chi connectivity index (χ2n) is 4.04. The zero-order chi connectivity index (χ0) is 12.6. The van der Waals surface area contributed by atoms with Crippen molar-refractivity contribution in [2.24, 2.45) is 10.6 Å². The van der Waals surface area contributed by atoms with Crippen LogP contribution in [0.1, 0.15) is 27.2 Å². The van der Waals surface area contributed by atoms with Gasteiger partial charge in [0, 0.05) is 0 Å². The summed E-state index contributed by atoms with van der Waals surface area (Å²) in [5, 5.41) is 12.1. The fraction of sp³-hybridized carbons (Fsp3) is 0.545. The molecule has 1 N–H and O–H groups in total. The standard InChI is InChI=1S/C11H14Cl3NO/c1-4-8-5-9(15-16)7(2)6-10(8,3)11(12,13)14/h5-6,16H,4H2,1-3H3/b15-9-. The van der Waals surface area contributed by atoms with Crippen LogP contribution in [0.2, 0.25) is 0 Å². The van der Waals surface area contributed by atoms with E-state index in [1.807, 2.05) is 26.8 Å². The number of allylic oxidation sites excluding steroid dienone is 4. The van der Waals surface area contributed by atoms with Gasteiger partial charge in [0.15, 0.2) is 0 Å². The van der Waals surface area contributed by atoms with E-state index in [1.165, 1.54) is 0 Å². The van der Waals surface area contributed by atoms with Gasteiger partial charge < -0.3 is 5.21 Å². The van der Waals surface area contributed by atoms with Crippen molar-refractivity contribution in [3.63, 3.8) is 0 Å². The molecular formula is C11H14Cl3NO. The quantitative estimate of drug-likeness (QED) is 0.429. The van der Waals surface area contributed by atoms with Crippen LogP contribution < -0.4 is 0 Å². The number of nitrogens with zero attached hydrogens (tertiary/aromatic N) is 1. The normalized spacial score (nSPS) is 29.0. The fourth-order valence-corrected chi connectivity index (χ4v) is 2.40. The summed E-state index contributed by atoms with van der Waals surface area (Å²) in [6.45, 7) is 5.67. The molecule has 1 unspecified atom stereocenters. The maximum Gasteiger partial charge on any atom is 0.202 e. The lowest BCUT2D eigenvalue weighted by atomic mass is 9.76. The Morgan fingerprint density at radius 1 is 1.44 bits per heavy atom. The molecule has 1 rings (SSSR count). The van der Waals surface area contributed by atoms with Crippen molar-refractivity contribution >= 4 is 40.5 Å². The van der Waals surface area contributed by atoms with Gasteiger partial charge in [0.1, 0.15) is 5.71 Å². The Bertz CT molecular complexity index is 379. The second kappa shape index (κ2) is 4.59. The lowest BCUT2D eigenvalue weighted by Gasteiger charge is -2.38. The first-order valence-electron chi connectivity index (χ1n) is 4.96. The van der Waals surface area contributed by atoms with Gasteiger partial charge in [-0.2, -0.15) is 0 Å². The Morgan fingerprint density at radius 2 is 2.00 bits per heavy atom. The molecule has 0 aromatic carbocycles. The molecule has 5 heteroatoms. The zero-order valence-electron chi connectivity index (χ0n) is 9.39. The molecule has 0 radical (unpaired) electrons. The molecule has 0 aromatic heterocycles. The highest BCUT2D eigenvalue weighted by atomic mass is 35.6. The Hall–Kier alpha value is -0.180. The third-order valence-electron chi connectivity index (χ3n) is 2.96. The number of hydrogen-bond donors (Lipinski definition) is 1. The van der Waals surface area contributed by atoms with E-state index >= 15 is 0 Å². The predicted octanol–water partition coefficient (Wildman–Crippen LogP) is 4.49. The highest BCUT2D eigenvalue weighted by Crippen LogP contribution is 2.53. The fourth-order valence-electron chi connectivity index (χ4n) is 1.87. The van der Waals surface area contributed by atoms with Gasteiger partial charge in [0.25, 0.3) is 0 Å². The maximum atomic E-state index is 8.85. The van der Waals surface area contributed by atoms with Crippen LogP contribution >= 0.6 is 34.8 Å². The van der Waals surface area contributed by atoms with Gasteiger partial charge in [0.05, 0.1) is 5.41 Å². The minimum absolute atomic E-state index is 0.517. The first kappa shape index (κ1) is 13.9. The second-order valence-corrected chi connectivity index (χ2v) is 6.32. The van der Waals surface area contributed by atoms with Crippen LogP contribution in [0, 0.1) is 5.41 Å². The molecule has 0 aromatic rings. The number of alkyl halides is 3. The summed E-state index contributed by atoms with van der Waals surface area (Å²) in [5.41, 5.74) is 1.59. The van der Waals surface area contributed by atoms with Crippen LogP contribution in [0.5, 0.6) is 0 Å². The third kappa shape index (κ3) is 2.24. The summed E-state index contributed by atoms with van der Waals surface area (Å²) in [6, 6.07) is 0. The number of rotatable bonds is 1. The van der Waals surface area contributed by atoms with E-state index < -0.39 is 9.21 Å². The molecule has 1 aliphatic carbocycles. The SMILES string of the molecule is CCC1=C/C(=N/O)C(C)=CC1(C)C(Cl)(Cl)Cl. The van der Waals surface area contributed by atoms with Crippen molar-refractivity contribution in [3.05, 3.63) is 23.3 Å². The molecule has 90 valence electrons. The molecule has 16 heavy (non-hydrogen) atoms. The summed E-state index contributed by atoms with van der Waals surface area (Å²) in [7, 11) is 0. The van der Waals surface area contributed by atoms with E-state index in [-0.39, 0.29) is 0 Å². The van der Waals surface area contributed by atoms with E-state index in [0.29, 0.717) is 5.71 Å².